The number of aromatic nitrogens is 5. The molecule has 4 N–H and O–H groups in total. The van der Waals surface area contributed by atoms with Gasteiger partial charge in [0.2, 0.25) is 11.9 Å². The van der Waals surface area contributed by atoms with Gasteiger partial charge in [-0.1, -0.05) is 0 Å². The van der Waals surface area contributed by atoms with Crippen molar-refractivity contribution < 1.29 is 22.7 Å². The maximum atomic E-state index is 14.0. The van der Waals surface area contributed by atoms with Gasteiger partial charge in [0.15, 0.2) is 17.5 Å². The first-order chi connectivity index (χ1) is 20.6. The van der Waals surface area contributed by atoms with Gasteiger partial charge in [0, 0.05) is 29.3 Å². The van der Waals surface area contributed by atoms with E-state index in [1.165, 1.54) is 18.3 Å². The summed E-state index contributed by atoms with van der Waals surface area (Å²) < 4.78 is 48.8. The highest BCUT2D eigenvalue weighted by Crippen LogP contribution is 2.29. The number of nitrogens with zero attached hydrogens (tertiary/aromatic N) is 4. The van der Waals surface area contributed by atoms with E-state index in [-0.39, 0.29) is 28.3 Å². The molecule has 0 spiro atoms. The molecule has 2 aromatic carbocycles. The first-order valence-electron chi connectivity index (χ1n) is 12.8. The van der Waals surface area contributed by atoms with E-state index in [9.17, 15) is 32.3 Å². The maximum Gasteiger partial charge on any atom is 0.355 e. The van der Waals surface area contributed by atoms with Gasteiger partial charge in [0.25, 0.3) is 5.56 Å². The molecule has 0 fully saturated rings. The average Bonchev–Trinajstić information content (AvgIpc) is 3.44. The van der Waals surface area contributed by atoms with Gasteiger partial charge >= 0.3 is 11.4 Å². The third kappa shape index (κ3) is 5.23. The smallest absolute Gasteiger partial charge is 0.355 e. The zero-order valence-corrected chi connectivity index (χ0v) is 22.0. The van der Waals surface area contributed by atoms with E-state index in [0.717, 1.165) is 10.1 Å². The van der Waals surface area contributed by atoms with Crippen molar-refractivity contribution in [3.8, 4) is 5.75 Å². The minimum Gasteiger partial charge on any atom is -0.493 e. The molecule has 218 valence electrons. The number of fused-ring (bicyclic) bond motifs is 2. The number of primary amides is 1. The lowest BCUT2D eigenvalue weighted by Crippen LogP contribution is -2.43. The first-order valence-corrected chi connectivity index (χ1v) is 12.8. The summed E-state index contributed by atoms with van der Waals surface area (Å²) in [5.74, 6) is -4.95. The van der Waals surface area contributed by atoms with Gasteiger partial charge in [-0.2, -0.15) is 4.98 Å². The molecule has 6 rings (SSSR count). The second-order valence-corrected chi connectivity index (χ2v) is 9.74. The molecule has 1 aliphatic heterocycles. The third-order valence-electron chi connectivity index (χ3n) is 6.86. The number of pyridine rings is 2. The molecule has 43 heavy (non-hydrogen) atoms. The summed E-state index contributed by atoms with van der Waals surface area (Å²) in [6.45, 7) is -0.580. The minimum absolute atomic E-state index is 0.0540. The summed E-state index contributed by atoms with van der Waals surface area (Å²) in [6, 6.07) is 9.23. The Balaban J connectivity index is 1.45. The number of anilines is 2. The van der Waals surface area contributed by atoms with Gasteiger partial charge in [-0.05, 0) is 53.6 Å². The zero-order chi connectivity index (χ0) is 30.4. The van der Waals surface area contributed by atoms with Gasteiger partial charge in [0.1, 0.15) is 11.4 Å². The number of amides is 1. The van der Waals surface area contributed by atoms with Crippen LogP contribution in [0.25, 0.3) is 11.0 Å². The van der Waals surface area contributed by atoms with Crippen LogP contribution in [0.15, 0.2) is 63.0 Å². The minimum atomic E-state index is -1.68. The van der Waals surface area contributed by atoms with Crippen molar-refractivity contribution in [3.05, 3.63) is 120 Å². The number of carbonyl (C=O) groups excluding carboxylic acids is 1. The monoisotopic (exact) mass is 591 g/mol. The number of ether oxygens (including phenoxy) is 1. The molecular weight excluding hydrogens is 571 g/mol. The number of nitrogens with one attached hydrogen (secondary N) is 2. The number of halogens is 3. The standard InChI is InChI=1S/C28H20F3N7O5/c29-19-5-13(6-20(30)22(19)31)11-37-26(34-18-1-2-21-14(9-18)3-4-43-21)36-27(41)38(28(37)42)12-17-8-15-7-16(23(32)39)10-33-24(15)35-25(17)40/h1-2,5-10H,3-4,11-12H2,(H2,32,39)(H,33,35,40)(H,34,36,41). The average molecular weight is 592 g/mol. The van der Waals surface area contributed by atoms with Crippen LogP contribution in [0.4, 0.5) is 24.8 Å². The van der Waals surface area contributed by atoms with E-state index in [4.69, 9.17) is 10.5 Å². The number of rotatable bonds is 7. The highest BCUT2D eigenvalue weighted by molar-refractivity contribution is 5.95. The van der Waals surface area contributed by atoms with E-state index in [2.05, 4.69) is 20.3 Å². The van der Waals surface area contributed by atoms with Crippen LogP contribution in [0, 0.1) is 17.5 Å². The van der Waals surface area contributed by atoms with E-state index in [1.54, 1.807) is 18.2 Å². The fraction of sp³-hybridized carbons (Fsp3) is 0.143. The number of aromatic amines is 1. The highest BCUT2D eigenvalue weighted by atomic mass is 19.2. The SMILES string of the molecule is NC(=O)c1cnc2[nH]c(=O)c(Cn3c(=O)nc(Nc4ccc5c(c4)CCO5)n(Cc4cc(F)c(F)c(F)c4)c3=O)cc2c1. The molecule has 4 heterocycles. The zero-order valence-electron chi connectivity index (χ0n) is 22.0. The molecule has 1 aliphatic rings. The number of benzene rings is 2. The predicted molar refractivity (Wildman–Crippen MR) is 147 cm³/mol. The van der Waals surface area contributed by atoms with Crippen molar-refractivity contribution in [2.45, 2.75) is 19.5 Å². The first kappa shape index (κ1) is 27.4. The van der Waals surface area contributed by atoms with Crippen LogP contribution in [0.2, 0.25) is 0 Å². The third-order valence-corrected chi connectivity index (χ3v) is 6.86. The summed E-state index contributed by atoms with van der Waals surface area (Å²) in [6.07, 6.45) is 1.83. The topological polar surface area (TPSA) is 167 Å². The molecule has 12 nitrogen and oxygen atoms in total. The number of carbonyl (C=O) groups is 1. The van der Waals surface area contributed by atoms with Crippen molar-refractivity contribution in [3.63, 3.8) is 0 Å². The van der Waals surface area contributed by atoms with Gasteiger partial charge in [-0.25, -0.2) is 32.3 Å². The predicted octanol–water partition coefficient (Wildman–Crippen LogP) is 1.93. The number of H-pyrrole nitrogens is 1. The molecule has 0 unspecified atom stereocenters. The molecule has 5 aromatic rings. The Morgan fingerprint density at radius 1 is 1.02 bits per heavy atom. The summed E-state index contributed by atoms with van der Waals surface area (Å²) in [4.78, 5) is 61.7. The fourth-order valence-corrected chi connectivity index (χ4v) is 4.74. The lowest BCUT2D eigenvalue weighted by atomic mass is 10.1. The Morgan fingerprint density at radius 2 is 1.79 bits per heavy atom. The van der Waals surface area contributed by atoms with Crippen LogP contribution in [-0.4, -0.2) is 36.6 Å². The molecule has 0 aliphatic carbocycles. The number of hydrogen-bond acceptors (Lipinski definition) is 8. The molecule has 1 amide bonds. The molecule has 0 radical (unpaired) electrons. The molecule has 15 heteroatoms. The summed E-state index contributed by atoms with van der Waals surface area (Å²) in [5.41, 5.74) is 3.96. The summed E-state index contributed by atoms with van der Waals surface area (Å²) in [5, 5.41) is 3.20. The maximum absolute atomic E-state index is 14.0. The normalized spacial score (nSPS) is 12.3. The second kappa shape index (κ2) is 10.6. The lowest BCUT2D eigenvalue weighted by Gasteiger charge is -2.16. The lowest BCUT2D eigenvalue weighted by molar-refractivity contribution is 0.1000. The number of nitrogens with two attached hydrogens (primary N) is 1. The van der Waals surface area contributed by atoms with Crippen LogP contribution in [0.3, 0.4) is 0 Å². The molecular formula is C28H20F3N7O5. The van der Waals surface area contributed by atoms with Crippen LogP contribution in [0.5, 0.6) is 5.75 Å². The van der Waals surface area contributed by atoms with Gasteiger partial charge < -0.3 is 20.8 Å². The molecule has 0 saturated heterocycles. The molecule has 0 atom stereocenters. The van der Waals surface area contributed by atoms with Crippen molar-refractivity contribution in [2.24, 2.45) is 5.73 Å². The fourth-order valence-electron chi connectivity index (χ4n) is 4.74. The largest absolute Gasteiger partial charge is 0.493 e. The quantitative estimate of drug-likeness (QED) is 0.242. The Labute approximate surface area is 238 Å². The molecule has 3 aromatic heterocycles. The highest BCUT2D eigenvalue weighted by Gasteiger charge is 2.19. The van der Waals surface area contributed by atoms with Crippen molar-refractivity contribution in [1.29, 1.82) is 0 Å². The van der Waals surface area contributed by atoms with Crippen molar-refractivity contribution in [2.75, 3.05) is 11.9 Å². The van der Waals surface area contributed by atoms with Crippen molar-refractivity contribution in [1.82, 2.24) is 24.1 Å². The van der Waals surface area contributed by atoms with Crippen molar-refractivity contribution >= 4 is 28.6 Å². The van der Waals surface area contributed by atoms with E-state index >= 15 is 0 Å². The van der Waals surface area contributed by atoms with Gasteiger partial charge in [-0.3, -0.25) is 14.2 Å². The van der Waals surface area contributed by atoms with Gasteiger partial charge in [0.05, 0.1) is 25.3 Å². The summed E-state index contributed by atoms with van der Waals surface area (Å²) >= 11 is 0. The van der Waals surface area contributed by atoms with Crippen LogP contribution in [-0.2, 0) is 19.5 Å². The van der Waals surface area contributed by atoms with Crippen LogP contribution >= 0.6 is 0 Å². The number of hydrogen-bond donors (Lipinski definition) is 3. The van der Waals surface area contributed by atoms with Crippen LogP contribution in [0.1, 0.15) is 27.0 Å². The Bertz CT molecular complexity index is 2120. The van der Waals surface area contributed by atoms with E-state index in [1.807, 2.05) is 0 Å². The van der Waals surface area contributed by atoms with E-state index < -0.39 is 53.4 Å². The molecule has 0 bridgehead atoms. The van der Waals surface area contributed by atoms with Gasteiger partial charge in [-0.15, -0.1) is 0 Å². The Hall–Kier alpha value is -5.73. The molecule has 0 saturated carbocycles. The second-order valence-electron chi connectivity index (χ2n) is 9.74. The summed E-state index contributed by atoms with van der Waals surface area (Å²) in [7, 11) is 0. The van der Waals surface area contributed by atoms with E-state index in [0.29, 0.717) is 46.6 Å². The van der Waals surface area contributed by atoms with Crippen LogP contribution < -0.4 is 32.7 Å². The Morgan fingerprint density at radius 3 is 2.53 bits per heavy atom. The Kier molecular flexibility index (Phi) is 6.76.